The number of hydrogen-bond donors (Lipinski definition) is 0. The van der Waals surface area contributed by atoms with Crippen LogP contribution in [0, 0.1) is 10.1 Å². The predicted octanol–water partition coefficient (Wildman–Crippen LogP) is 5.69. The number of aromatic nitrogens is 3. The lowest BCUT2D eigenvalue weighted by atomic mass is 10.1. The summed E-state index contributed by atoms with van der Waals surface area (Å²) in [6.45, 7) is 2.81. The Morgan fingerprint density at radius 3 is 2.29 bits per heavy atom. The zero-order valence-corrected chi connectivity index (χ0v) is 17.1. The number of nitrogens with zero attached hydrogens (tertiary/aromatic N) is 4. The van der Waals surface area contributed by atoms with Crippen molar-refractivity contribution in [2.24, 2.45) is 0 Å². The van der Waals surface area contributed by atoms with Crippen LogP contribution in [0.25, 0.3) is 28.5 Å². The molecule has 0 radical (unpaired) electrons. The second kappa shape index (κ2) is 9.21. The first kappa shape index (κ1) is 20.3. The lowest BCUT2D eigenvalue weighted by Crippen LogP contribution is -2.01. The SMILES string of the molecule is CCCCOc1ccc(-c2nnc(-c3cccc([N+](=O)[O-])c3)n2-c2ccccc2)cc1. The minimum absolute atomic E-state index is 0.00948. The number of unbranched alkanes of at least 4 members (excludes halogenated alkanes) is 1. The fraction of sp³-hybridized carbons (Fsp3) is 0.167. The van der Waals surface area contributed by atoms with Crippen LogP contribution < -0.4 is 4.74 Å². The Kier molecular flexibility index (Phi) is 6.03. The summed E-state index contributed by atoms with van der Waals surface area (Å²) in [5.74, 6) is 1.99. The van der Waals surface area contributed by atoms with E-state index in [2.05, 4.69) is 17.1 Å². The Morgan fingerprint density at radius 2 is 1.61 bits per heavy atom. The first-order valence-electron chi connectivity index (χ1n) is 10.2. The molecule has 0 bridgehead atoms. The van der Waals surface area contributed by atoms with E-state index in [1.807, 2.05) is 59.2 Å². The molecule has 0 atom stereocenters. The van der Waals surface area contributed by atoms with Gasteiger partial charge in [-0.15, -0.1) is 10.2 Å². The van der Waals surface area contributed by atoms with Crippen LogP contribution in [0.2, 0.25) is 0 Å². The van der Waals surface area contributed by atoms with E-state index in [0.29, 0.717) is 23.8 Å². The van der Waals surface area contributed by atoms with Gasteiger partial charge in [-0.1, -0.05) is 43.7 Å². The predicted molar refractivity (Wildman–Crippen MR) is 119 cm³/mol. The van der Waals surface area contributed by atoms with Gasteiger partial charge in [0.05, 0.1) is 11.5 Å². The summed E-state index contributed by atoms with van der Waals surface area (Å²) in [4.78, 5) is 10.8. The Morgan fingerprint density at radius 1 is 0.903 bits per heavy atom. The van der Waals surface area contributed by atoms with Gasteiger partial charge in [-0.05, 0) is 42.8 Å². The maximum absolute atomic E-state index is 11.2. The number of nitro benzene ring substituents is 1. The van der Waals surface area contributed by atoms with Gasteiger partial charge in [0.2, 0.25) is 0 Å². The molecule has 0 saturated heterocycles. The van der Waals surface area contributed by atoms with E-state index in [-0.39, 0.29) is 5.69 Å². The van der Waals surface area contributed by atoms with E-state index in [9.17, 15) is 10.1 Å². The van der Waals surface area contributed by atoms with Crippen LogP contribution in [-0.4, -0.2) is 26.3 Å². The van der Waals surface area contributed by atoms with Crippen LogP contribution in [0.4, 0.5) is 5.69 Å². The normalized spacial score (nSPS) is 10.7. The quantitative estimate of drug-likeness (QED) is 0.210. The topological polar surface area (TPSA) is 83.1 Å². The molecule has 0 N–H and O–H groups in total. The van der Waals surface area contributed by atoms with Gasteiger partial charge in [0.25, 0.3) is 5.69 Å². The molecule has 7 heteroatoms. The molecule has 0 unspecified atom stereocenters. The number of hydrogen-bond acceptors (Lipinski definition) is 5. The second-order valence-electron chi connectivity index (χ2n) is 7.05. The van der Waals surface area contributed by atoms with E-state index in [4.69, 9.17) is 4.74 Å². The Hall–Kier alpha value is -4.00. The molecular formula is C24H22N4O3. The van der Waals surface area contributed by atoms with Crippen LogP contribution in [0.3, 0.4) is 0 Å². The van der Waals surface area contributed by atoms with Gasteiger partial charge < -0.3 is 4.74 Å². The van der Waals surface area contributed by atoms with Gasteiger partial charge in [-0.2, -0.15) is 0 Å². The average Bonchev–Trinajstić information content (AvgIpc) is 3.25. The minimum atomic E-state index is -0.412. The molecule has 0 aliphatic rings. The highest BCUT2D eigenvalue weighted by atomic mass is 16.6. The van der Waals surface area contributed by atoms with Crippen molar-refractivity contribution < 1.29 is 9.66 Å². The fourth-order valence-electron chi connectivity index (χ4n) is 3.27. The largest absolute Gasteiger partial charge is 0.494 e. The van der Waals surface area contributed by atoms with E-state index >= 15 is 0 Å². The van der Waals surface area contributed by atoms with Crippen molar-refractivity contribution in [3.05, 3.63) is 89.0 Å². The second-order valence-corrected chi connectivity index (χ2v) is 7.05. The summed E-state index contributed by atoms with van der Waals surface area (Å²) in [5.41, 5.74) is 2.37. The van der Waals surface area contributed by atoms with Crippen molar-refractivity contribution >= 4 is 5.69 Å². The van der Waals surface area contributed by atoms with E-state index in [0.717, 1.165) is 29.8 Å². The Balaban J connectivity index is 1.78. The highest BCUT2D eigenvalue weighted by Crippen LogP contribution is 2.30. The maximum Gasteiger partial charge on any atom is 0.270 e. The summed E-state index contributed by atoms with van der Waals surface area (Å²) in [6, 6.07) is 23.9. The molecule has 3 aromatic carbocycles. The van der Waals surface area contributed by atoms with Crippen LogP contribution in [0.15, 0.2) is 78.9 Å². The van der Waals surface area contributed by atoms with Gasteiger partial charge in [0.1, 0.15) is 5.75 Å². The summed E-state index contributed by atoms with van der Waals surface area (Å²) in [6.07, 6.45) is 2.09. The fourth-order valence-corrected chi connectivity index (χ4v) is 3.27. The van der Waals surface area contributed by atoms with Crippen LogP contribution >= 0.6 is 0 Å². The zero-order chi connectivity index (χ0) is 21.6. The first-order chi connectivity index (χ1) is 15.2. The first-order valence-corrected chi connectivity index (χ1v) is 10.2. The van der Waals surface area contributed by atoms with E-state index in [1.54, 1.807) is 12.1 Å². The third-order valence-electron chi connectivity index (χ3n) is 4.87. The number of nitro groups is 1. The third-order valence-corrected chi connectivity index (χ3v) is 4.87. The molecule has 0 spiro atoms. The molecule has 1 heterocycles. The van der Waals surface area contributed by atoms with Crippen LogP contribution in [0.1, 0.15) is 19.8 Å². The number of ether oxygens (including phenoxy) is 1. The van der Waals surface area contributed by atoms with Gasteiger partial charge in [0.15, 0.2) is 11.6 Å². The van der Waals surface area contributed by atoms with Gasteiger partial charge in [-0.3, -0.25) is 14.7 Å². The van der Waals surface area contributed by atoms with Gasteiger partial charge in [-0.25, -0.2) is 0 Å². The summed E-state index contributed by atoms with van der Waals surface area (Å²) in [5, 5.41) is 20.0. The molecule has 0 fully saturated rings. The van der Waals surface area contributed by atoms with Crippen molar-refractivity contribution in [2.45, 2.75) is 19.8 Å². The number of benzene rings is 3. The Labute approximate surface area is 180 Å². The van der Waals surface area contributed by atoms with Crippen molar-refractivity contribution in [2.75, 3.05) is 6.61 Å². The van der Waals surface area contributed by atoms with Crippen molar-refractivity contribution in [1.82, 2.24) is 14.8 Å². The lowest BCUT2D eigenvalue weighted by Gasteiger charge is -2.11. The number of para-hydroxylation sites is 1. The molecule has 1 aromatic heterocycles. The zero-order valence-electron chi connectivity index (χ0n) is 17.1. The molecule has 156 valence electrons. The highest BCUT2D eigenvalue weighted by Gasteiger charge is 2.19. The molecule has 0 amide bonds. The van der Waals surface area contributed by atoms with Crippen molar-refractivity contribution in [3.8, 4) is 34.2 Å². The molecular weight excluding hydrogens is 392 g/mol. The summed E-state index contributed by atoms with van der Waals surface area (Å²) < 4.78 is 7.66. The summed E-state index contributed by atoms with van der Waals surface area (Å²) in [7, 11) is 0. The monoisotopic (exact) mass is 414 g/mol. The molecule has 0 aliphatic carbocycles. The number of non-ortho nitro benzene ring substituents is 1. The smallest absolute Gasteiger partial charge is 0.270 e. The molecule has 31 heavy (non-hydrogen) atoms. The van der Waals surface area contributed by atoms with Gasteiger partial charge >= 0.3 is 0 Å². The highest BCUT2D eigenvalue weighted by molar-refractivity contribution is 5.68. The van der Waals surface area contributed by atoms with Crippen LogP contribution in [0.5, 0.6) is 5.75 Å². The average molecular weight is 414 g/mol. The third kappa shape index (κ3) is 4.45. The standard InChI is InChI=1S/C24H22N4O3/c1-2-3-16-31-22-14-12-18(13-15-22)23-25-26-24(27(23)20-9-5-4-6-10-20)19-8-7-11-21(17-19)28(29)30/h4-15,17H,2-3,16H2,1H3. The molecule has 0 aliphatic heterocycles. The van der Waals surface area contributed by atoms with Crippen LogP contribution in [-0.2, 0) is 0 Å². The lowest BCUT2D eigenvalue weighted by molar-refractivity contribution is -0.384. The molecule has 7 nitrogen and oxygen atoms in total. The van der Waals surface area contributed by atoms with E-state index < -0.39 is 4.92 Å². The van der Waals surface area contributed by atoms with Crippen molar-refractivity contribution in [1.29, 1.82) is 0 Å². The van der Waals surface area contributed by atoms with Crippen molar-refractivity contribution in [3.63, 3.8) is 0 Å². The Bertz CT molecular complexity index is 1170. The molecule has 4 rings (SSSR count). The maximum atomic E-state index is 11.2. The molecule has 0 saturated carbocycles. The van der Waals surface area contributed by atoms with E-state index in [1.165, 1.54) is 12.1 Å². The minimum Gasteiger partial charge on any atom is -0.494 e. The van der Waals surface area contributed by atoms with Gasteiger partial charge in [0, 0.05) is 28.9 Å². The number of rotatable bonds is 8. The summed E-state index contributed by atoms with van der Waals surface area (Å²) >= 11 is 0. The molecule has 4 aromatic rings.